The molecule has 0 spiro atoms. The maximum absolute atomic E-state index is 9.60. The molecule has 0 aliphatic heterocycles. The summed E-state index contributed by atoms with van der Waals surface area (Å²) in [7, 11) is 0. The Bertz CT molecular complexity index is 436. The fourth-order valence-electron chi connectivity index (χ4n) is 1.06. The molecule has 0 aliphatic rings. The van der Waals surface area contributed by atoms with Crippen LogP contribution in [0.2, 0.25) is 0 Å². The summed E-state index contributed by atoms with van der Waals surface area (Å²) in [5.41, 5.74) is 0. The van der Waals surface area contributed by atoms with E-state index in [0.29, 0.717) is 5.75 Å². The average Bonchev–Trinajstić information content (AvgIpc) is 2.39. The minimum Gasteiger partial charge on any atom is -0.506 e. The molecular formula is C8H5BrOS2. The summed E-state index contributed by atoms with van der Waals surface area (Å²) < 4.78 is 2.69. The summed E-state index contributed by atoms with van der Waals surface area (Å²) in [5, 5.41) is 10.5. The Morgan fingerprint density at radius 1 is 1.42 bits per heavy atom. The molecular weight excluding hydrogens is 256 g/mol. The molecule has 0 saturated heterocycles. The molecule has 1 aromatic heterocycles. The van der Waals surface area contributed by atoms with Crippen LogP contribution in [0.5, 0.6) is 5.75 Å². The van der Waals surface area contributed by atoms with Crippen molar-refractivity contribution in [2.45, 2.75) is 4.21 Å². The number of hydrogen-bond acceptors (Lipinski definition) is 3. The van der Waals surface area contributed by atoms with Crippen LogP contribution < -0.4 is 0 Å². The number of phenolic OH excluding ortho intramolecular Hbond substituents is 1. The molecule has 0 radical (unpaired) electrons. The van der Waals surface area contributed by atoms with Crippen molar-refractivity contribution >= 4 is 50.0 Å². The van der Waals surface area contributed by atoms with Crippen molar-refractivity contribution in [2.75, 3.05) is 0 Å². The normalized spacial score (nSPS) is 10.8. The van der Waals surface area contributed by atoms with Gasteiger partial charge in [-0.05, 0) is 34.1 Å². The van der Waals surface area contributed by atoms with Crippen molar-refractivity contribution in [3.05, 3.63) is 22.7 Å². The van der Waals surface area contributed by atoms with E-state index in [0.717, 1.165) is 18.8 Å². The number of phenols is 1. The van der Waals surface area contributed by atoms with Crippen LogP contribution in [0.25, 0.3) is 10.1 Å². The molecule has 1 heterocycles. The number of fused-ring (bicyclic) bond motifs is 1. The molecule has 0 aliphatic carbocycles. The number of thiol groups is 1. The maximum Gasteiger partial charge on any atom is 0.138 e. The number of rotatable bonds is 0. The van der Waals surface area contributed by atoms with E-state index in [-0.39, 0.29) is 0 Å². The van der Waals surface area contributed by atoms with Crippen LogP contribution in [0, 0.1) is 0 Å². The molecule has 12 heavy (non-hydrogen) atoms. The van der Waals surface area contributed by atoms with Crippen LogP contribution in [0.3, 0.4) is 0 Å². The van der Waals surface area contributed by atoms with E-state index in [1.165, 1.54) is 0 Å². The maximum atomic E-state index is 9.60. The Morgan fingerprint density at radius 2 is 2.17 bits per heavy atom. The lowest BCUT2D eigenvalue weighted by Crippen LogP contribution is -1.68. The molecule has 0 unspecified atom stereocenters. The molecule has 0 bridgehead atoms. The van der Waals surface area contributed by atoms with Gasteiger partial charge in [0.05, 0.1) is 8.68 Å². The van der Waals surface area contributed by atoms with E-state index < -0.39 is 0 Å². The fraction of sp³-hybridized carbons (Fsp3) is 0. The summed E-state index contributed by atoms with van der Waals surface area (Å²) in [5.74, 6) is 0.295. The molecule has 0 saturated carbocycles. The molecule has 0 amide bonds. The van der Waals surface area contributed by atoms with Crippen molar-refractivity contribution < 1.29 is 5.11 Å². The average molecular weight is 261 g/mol. The van der Waals surface area contributed by atoms with Crippen LogP contribution in [0.15, 0.2) is 26.9 Å². The van der Waals surface area contributed by atoms with Gasteiger partial charge in [-0.1, -0.05) is 0 Å². The summed E-state index contributed by atoms with van der Waals surface area (Å²) in [6.45, 7) is 0. The summed E-state index contributed by atoms with van der Waals surface area (Å²) >= 11 is 9.03. The van der Waals surface area contributed by atoms with Crippen LogP contribution in [-0.4, -0.2) is 5.11 Å². The molecule has 2 rings (SSSR count). The zero-order chi connectivity index (χ0) is 8.72. The van der Waals surface area contributed by atoms with Gasteiger partial charge in [-0.3, -0.25) is 0 Å². The Labute approximate surface area is 87.6 Å². The van der Waals surface area contributed by atoms with Gasteiger partial charge in [-0.15, -0.1) is 24.0 Å². The number of benzene rings is 1. The van der Waals surface area contributed by atoms with Crippen LogP contribution >= 0.6 is 39.9 Å². The van der Waals surface area contributed by atoms with Crippen molar-refractivity contribution in [2.24, 2.45) is 0 Å². The largest absolute Gasteiger partial charge is 0.506 e. The third-order valence-corrected chi connectivity index (χ3v) is 3.56. The first-order valence-corrected chi connectivity index (χ1v) is 5.34. The van der Waals surface area contributed by atoms with Gasteiger partial charge < -0.3 is 5.11 Å². The predicted octanol–water partition coefficient (Wildman–Crippen LogP) is 3.66. The Kier molecular flexibility index (Phi) is 2.06. The summed E-state index contributed by atoms with van der Waals surface area (Å²) in [6.07, 6.45) is 0. The molecule has 1 nitrogen and oxygen atoms in total. The standard InChI is InChI=1S/C8H5BrOS2/c9-5-1-2-6-4(8(5)10)3-7(11)12-6/h1-3,10-11H. The first-order valence-electron chi connectivity index (χ1n) is 3.28. The highest BCUT2D eigenvalue weighted by Gasteiger charge is 2.06. The van der Waals surface area contributed by atoms with Crippen molar-refractivity contribution in [3.8, 4) is 5.75 Å². The van der Waals surface area contributed by atoms with Gasteiger partial charge in [-0.25, -0.2) is 0 Å². The highest BCUT2D eigenvalue weighted by atomic mass is 79.9. The Morgan fingerprint density at radius 3 is 2.92 bits per heavy atom. The van der Waals surface area contributed by atoms with Gasteiger partial charge in [0.1, 0.15) is 5.75 Å². The van der Waals surface area contributed by atoms with Gasteiger partial charge in [0.15, 0.2) is 0 Å². The molecule has 1 N–H and O–H groups in total. The monoisotopic (exact) mass is 260 g/mol. The number of aromatic hydroxyl groups is 1. The molecule has 62 valence electrons. The molecule has 4 heteroatoms. The summed E-state index contributed by atoms with van der Waals surface area (Å²) in [6, 6.07) is 5.66. The highest BCUT2D eigenvalue weighted by molar-refractivity contribution is 9.10. The third kappa shape index (κ3) is 1.24. The fourth-order valence-corrected chi connectivity index (χ4v) is 2.63. The molecule has 2 aromatic rings. The molecule has 0 fully saturated rings. The van der Waals surface area contributed by atoms with Crippen molar-refractivity contribution in [3.63, 3.8) is 0 Å². The SMILES string of the molecule is Oc1c(Br)ccc2sc(S)cc12. The number of thiophene rings is 1. The Hall–Kier alpha value is -0.190. The lowest BCUT2D eigenvalue weighted by molar-refractivity contribution is 0.478. The topological polar surface area (TPSA) is 20.2 Å². The van der Waals surface area contributed by atoms with Gasteiger partial charge >= 0.3 is 0 Å². The molecule has 1 aromatic carbocycles. The van der Waals surface area contributed by atoms with Crippen molar-refractivity contribution in [1.82, 2.24) is 0 Å². The van der Waals surface area contributed by atoms with Crippen LogP contribution in [-0.2, 0) is 0 Å². The van der Waals surface area contributed by atoms with E-state index >= 15 is 0 Å². The van der Waals surface area contributed by atoms with E-state index in [9.17, 15) is 5.11 Å². The zero-order valence-corrected chi connectivity index (χ0v) is 9.21. The lowest BCUT2D eigenvalue weighted by Gasteiger charge is -1.96. The third-order valence-electron chi connectivity index (χ3n) is 1.61. The van der Waals surface area contributed by atoms with E-state index in [2.05, 4.69) is 28.6 Å². The second kappa shape index (κ2) is 2.94. The molecule has 0 atom stereocenters. The summed E-state index contributed by atoms with van der Waals surface area (Å²) in [4.78, 5) is 0. The van der Waals surface area contributed by atoms with Gasteiger partial charge in [0, 0.05) is 10.1 Å². The van der Waals surface area contributed by atoms with Crippen molar-refractivity contribution in [1.29, 1.82) is 0 Å². The van der Waals surface area contributed by atoms with E-state index in [1.54, 1.807) is 11.3 Å². The van der Waals surface area contributed by atoms with E-state index in [4.69, 9.17) is 0 Å². The van der Waals surface area contributed by atoms with E-state index in [1.807, 2.05) is 18.2 Å². The second-order valence-electron chi connectivity index (χ2n) is 2.39. The van der Waals surface area contributed by atoms with Gasteiger partial charge in [-0.2, -0.15) is 0 Å². The zero-order valence-electron chi connectivity index (χ0n) is 5.91. The lowest BCUT2D eigenvalue weighted by atomic mass is 10.2. The first-order chi connectivity index (χ1) is 5.68. The minimum atomic E-state index is 0.295. The predicted molar refractivity (Wildman–Crippen MR) is 58.4 cm³/mol. The van der Waals surface area contributed by atoms with Crippen LogP contribution in [0.4, 0.5) is 0 Å². The second-order valence-corrected chi connectivity index (χ2v) is 5.11. The van der Waals surface area contributed by atoms with Gasteiger partial charge in [0.2, 0.25) is 0 Å². The van der Waals surface area contributed by atoms with Crippen LogP contribution in [0.1, 0.15) is 0 Å². The quantitative estimate of drug-likeness (QED) is 0.693. The smallest absolute Gasteiger partial charge is 0.138 e. The number of halogens is 1. The highest BCUT2D eigenvalue weighted by Crippen LogP contribution is 2.38. The number of hydrogen-bond donors (Lipinski definition) is 2. The Balaban J connectivity index is 2.89. The first kappa shape index (κ1) is 8.41. The van der Waals surface area contributed by atoms with Gasteiger partial charge in [0.25, 0.3) is 0 Å². The minimum absolute atomic E-state index is 0.295.